The number of rotatable bonds is 2. The lowest BCUT2D eigenvalue weighted by Crippen LogP contribution is -1.97. The lowest BCUT2D eigenvalue weighted by Gasteiger charge is -2.08. The van der Waals surface area contributed by atoms with E-state index in [1.54, 1.807) is 19.4 Å². The van der Waals surface area contributed by atoms with E-state index in [1.807, 2.05) is 6.92 Å². The van der Waals surface area contributed by atoms with E-state index in [1.165, 1.54) is 0 Å². The molecule has 0 bridgehead atoms. The van der Waals surface area contributed by atoms with Gasteiger partial charge >= 0.3 is 0 Å². The quantitative estimate of drug-likeness (QED) is 0.747. The molecule has 1 aromatic rings. The van der Waals surface area contributed by atoms with E-state index >= 15 is 0 Å². The summed E-state index contributed by atoms with van der Waals surface area (Å²) in [5, 5.41) is 8.89. The SMILES string of the molecule is COc1ccnc(C(C)Br)c1C#N. The number of nitrogens with zero attached hydrogens (tertiary/aromatic N) is 2. The Morgan fingerprint density at radius 3 is 2.85 bits per heavy atom. The number of pyridine rings is 1. The number of halogens is 1. The van der Waals surface area contributed by atoms with Gasteiger partial charge in [0.25, 0.3) is 0 Å². The minimum absolute atomic E-state index is 0.0530. The van der Waals surface area contributed by atoms with E-state index < -0.39 is 0 Å². The van der Waals surface area contributed by atoms with Crippen molar-refractivity contribution in [3.63, 3.8) is 0 Å². The van der Waals surface area contributed by atoms with E-state index in [9.17, 15) is 0 Å². The van der Waals surface area contributed by atoms with Crippen LogP contribution >= 0.6 is 15.9 Å². The van der Waals surface area contributed by atoms with Gasteiger partial charge in [0.05, 0.1) is 17.6 Å². The van der Waals surface area contributed by atoms with Crippen molar-refractivity contribution >= 4 is 15.9 Å². The number of aromatic nitrogens is 1. The minimum Gasteiger partial charge on any atom is -0.495 e. The standard InChI is InChI=1S/C9H9BrN2O/c1-6(10)9-7(5-11)8(13-2)3-4-12-9/h3-4,6H,1-2H3. The first-order valence-corrected chi connectivity index (χ1v) is 4.69. The molecule has 1 rings (SSSR count). The molecule has 1 atom stereocenters. The Bertz CT molecular complexity index is 344. The third-order valence-electron chi connectivity index (χ3n) is 1.65. The lowest BCUT2D eigenvalue weighted by molar-refractivity contribution is 0.412. The van der Waals surface area contributed by atoms with Crippen LogP contribution in [0.3, 0.4) is 0 Å². The van der Waals surface area contributed by atoms with Crippen LogP contribution in [0, 0.1) is 11.3 Å². The van der Waals surface area contributed by atoms with Crippen LogP contribution in [0.1, 0.15) is 23.0 Å². The molecule has 0 saturated heterocycles. The fraction of sp³-hybridized carbons (Fsp3) is 0.333. The smallest absolute Gasteiger partial charge is 0.140 e. The van der Waals surface area contributed by atoms with Gasteiger partial charge in [0, 0.05) is 6.20 Å². The number of hydrogen-bond donors (Lipinski definition) is 0. The normalized spacial score (nSPS) is 11.8. The second-order valence-corrected chi connectivity index (χ2v) is 3.87. The molecular weight excluding hydrogens is 232 g/mol. The summed E-state index contributed by atoms with van der Waals surface area (Å²) >= 11 is 3.37. The Balaban J connectivity index is 3.29. The zero-order valence-electron chi connectivity index (χ0n) is 7.41. The zero-order valence-corrected chi connectivity index (χ0v) is 9.00. The lowest BCUT2D eigenvalue weighted by atomic mass is 10.1. The number of hydrogen-bond acceptors (Lipinski definition) is 3. The van der Waals surface area contributed by atoms with Crippen LogP contribution in [0.25, 0.3) is 0 Å². The third-order valence-corrected chi connectivity index (χ3v) is 2.08. The predicted molar refractivity (Wildman–Crippen MR) is 52.8 cm³/mol. The fourth-order valence-corrected chi connectivity index (χ4v) is 1.39. The van der Waals surface area contributed by atoms with Gasteiger partial charge in [-0.25, -0.2) is 0 Å². The van der Waals surface area contributed by atoms with Crippen molar-refractivity contribution in [2.75, 3.05) is 7.11 Å². The summed E-state index contributed by atoms with van der Waals surface area (Å²) in [5.74, 6) is 0.568. The summed E-state index contributed by atoms with van der Waals surface area (Å²) in [6, 6.07) is 3.76. The molecule has 0 amide bonds. The fourth-order valence-electron chi connectivity index (χ4n) is 1.04. The molecule has 4 heteroatoms. The summed E-state index contributed by atoms with van der Waals surface area (Å²) < 4.78 is 5.04. The molecule has 0 saturated carbocycles. The molecule has 0 radical (unpaired) electrons. The molecule has 1 unspecified atom stereocenters. The van der Waals surface area contributed by atoms with Crippen LogP contribution in [-0.2, 0) is 0 Å². The van der Waals surface area contributed by atoms with Gasteiger partial charge in [-0.15, -0.1) is 0 Å². The van der Waals surface area contributed by atoms with Crippen LogP contribution in [-0.4, -0.2) is 12.1 Å². The molecule has 0 aliphatic rings. The predicted octanol–water partition coefficient (Wildman–Crippen LogP) is 2.42. The first-order chi connectivity index (χ1) is 6.20. The molecule has 13 heavy (non-hydrogen) atoms. The van der Waals surface area contributed by atoms with Gasteiger partial charge in [-0.3, -0.25) is 4.98 Å². The molecule has 0 fully saturated rings. The van der Waals surface area contributed by atoms with Crippen molar-refractivity contribution < 1.29 is 4.74 Å². The molecule has 0 aliphatic carbocycles. The van der Waals surface area contributed by atoms with Crippen molar-refractivity contribution in [1.29, 1.82) is 5.26 Å². The van der Waals surface area contributed by atoms with Gasteiger partial charge in [-0.2, -0.15) is 5.26 Å². The highest BCUT2D eigenvalue weighted by molar-refractivity contribution is 9.09. The molecule has 0 aliphatic heterocycles. The summed E-state index contributed by atoms with van der Waals surface area (Å²) in [6.07, 6.45) is 1.63. The van der Waals surface area contributed by atoms with E-state index in [2.05, 4.69) is 27.0 Å². The Morgan fingerprint density at radius 2 is 2.38 bits per heavy atom. The maximum atomic E-state index is 8.89. The van der Waals surface area contributed by atoms with Gasteiger partial charge in [-0.1, -0.05) is 15.9 Å². The first kappa shape index (κ1) is 10.0. The molecule has 1 aromatic heterocycles. The Hall–Kier alpha value is -1.08. The van der Waals surface area contributed by atoms with E-state index in [-0.39, 0.29) is 4.83 Å². The molecule has 1 heterocycles. The van der Waals surface area contributed by atoms with Crippen LogP contribution in [0.4, 0.5) is 0 Å². The highest BCUT2D eigenvalue weighted by atomic mass is 79.9. The molecule has 0 N–H and O–H groups in total. The van der Waals surface area contributed by atoms with Gasteiger partial charge in [0.1, 0.15) is 17.4 Å². The highest BCUT2D eigenvalue weighted by Crippen LogP contribution is 2.28. The molecular formula is C9H9BrN2O. The van der Waals surface area contributed by atoms with Gasteiger partial charge in [-0.05, 0) is 13.0 Å². The summed E-state index contributed by atoms with van der Waals surface area (Å²) in [6.45, 7) is 1.92. The molecule has 0 spiro atoms. The number of ether oxygens (including phenoxy) is 1. The van der Waals surface area contributed by atoms with E-state index in [0.717, 1.165) is 0 Å². The second-order valence-electron chi connectivity index (χ2n) is 2.50. The first-order valence-electron chi connectivity index (χ1n) is 3.77. The van der Waals surface area contributed by atoms with Crippen molar-refractivity contribution in [3.05, 3.63) is 23.5 Å². The van der Waals surface area contributed by atoms with Crippen molar-refractivity contribution in [2.24, 2.45) is 0 Å². The number of nitriles is 1. The Morgan fingerprint density at radius 1 is 1.69 bits per heavy atom. The Labute approximate surface area is 85.5 Å². The topological polar surface area (TPSA) is 45.9 Å². The van der Waals surface area contributed by atoms with Crippen LogP contribution in [0.2, 0.25) is 0 Å². The van der Waals surface area contributed by atoms with Crippen LogP contribution < -0.4 is 4.74 Å². The largest absolute Gasteiger partial charge is 0.495 e. The zero-order chi connectivity index (χ0) is 9.84. The molecule has 68 valence electrons. The van der Waals surface area contributed by atoms with Crippen LogP contribution in [0.5, 0.6) is 5.75 Å². The van der Waals surface area contributed by atoms with Crippen molar-refractivity contribution in [3.8, 4) is 11.8 Å². The van der Waals surface area contributed by atoms with Crippen LogP contribution in [0.15, 0.2) is 12.3 Å². The van der Waals surface area contributed by atoms with E-state index in [0.29, 0.717) is 17.0 Å². The summed E-state index contributed by atoms with van der Waals surface area (Å²) in [7, 11) is 1.54. The average molecular weight is 241 g/mol. The molecule has 0 aromatic carbocycles. The third kappa shape index (κ3) is 1.99. The van der Waals surface area contributed by atoms with Gasteiger partial charge < -0.3 is 4.74 Å². The van der Waals surface area contributed by atoms with Crippen molar-refractivity contribution in [2.45, 2.75) is 11.8 Å². The highest BCUT2D eigenvalue weighted by Gasteiger charge is 2.13. The summed E-state index contributed by atoms with van der Waals surface area (Å²) in [5.41, 5.74) is 1.20. The molecule has 3 nitrogen and oxygen atoms in total. The second kappa shape index (κ2) is 4.24. The maximum absolute atomic E-state index is 8.89. The Kier molecular flexibility index (Phi) is 3.26. The van der Waals surface area contributed by atoms with Crippen molar-refractivity contribution in [1.82, 2.24) is 4.98 Å². The van der Waals surface area contributed by atoms with E-state index in [4.69, 9.17) is 10.00 Å². The monoisotopic (exact) mass is 240 g/mol. The summed E-state index contributed by atoms with van der Waals surface area (Å²) in [4.78, 5) is 4.16. The number of alkyl halides is 1. The average Bonchev–Trinajstić information content (AvgIpc) is 2.16. The minimum atomic E-state index is 0.0530. The van der Waals surface area contributed by atoms with Gasteiger partial charge in [0.2, 0.25) is 0 Å². The maximum Gasteiger partial charge on any atom is 0.140 e. The van der Waals surface area contributed by atoms with Gasteiger partial charge in [0.15, 0.2) is 0 Å². The number of methoxy groups -OCH3 is 1.